The normalized spacial score (nSPS) is 20.7. The first kappa shape index (κ1) is 24.4. The van der Waals surface area contributed by atoms with Crippen molar-refractivity contribution in [3.05, 3.63) is 66.2 Å². The number of hydrogen-bond donors (Lipinski definition) is 1. The van der Waals surface area contributed by atoms with Crippen LogP contribution in [0.5, 0.6) is 0 Å². The lowest BCUT2D eigenvalue weighted by Crippen LogP contribution is -2.52. The van der Waals surface area contributed by atoms with Gasteiger partial charge in [0.05, 0.1) is 10.8 Å². The van der Waals surface area contributed by atoms with Gasteiger partial charge in [-0.15, -0.1) is 0 Å². The third kappa shape index (κ3) is 5.18. The Labute approximate surface area is 202 Å². The van der Waals surface area contributed by atoms with E-state index in [0.717, 1.165) is 12.0 Å². The van der Waals surface area contributed by atoms with Crippen LogP contribution in [0.2, 0.25) is 0 Å². The molecule has 0 radical (unpaired) electrons. The Kier molecular flexibility index (Phi) is 7.68. The van der Waals surface area contributed by atoms with Crippen molar-refractivity contribution in [3.63, 3.8) is 0 Å². The van der Waals surface area contributed by atoms with Crippen LogP contribution in [-0.4, -0.2) is 61.2 Å². The summed E-state index contributed by atoms with van der Waals surface area (Å²) in [5, 5.41) is 3.07. The van der Waals surface area contributed by atoms with E-state index in [2.05, 4.69) is 5.32 Å². The minimum absolute atomic E-state index is 0.0600. The van der Waals surface area contributed by atoms with Crippen LogP contribution in [0.25, 0.3) is 0 Å². The Morgan fingerprint density at radius 3 is 2.18 bits per heavy atom. The van der Waals surface area contributed by atoms with Crippen molar-refractivity contribution >= 4 is 21.8 Å². The van der Waals surface area contributed by atoms with Gasteiger partial charge in [0.2, 0.25) is 21.8 Å². The van der Waals surface area contributed by atoms with Crippen molar-refractivity contribution in [2.75, 3.05) is 19.6 Å². The van der Waals surface area contributed by atoms with Crippen LogP contribution < -0.4 is 5.32 Å². The molecule has 2 heterocycles. The van der Waals surface area contributed by atoms with Crippen LogP contribution in [0.15, 0.2) is 65.6 Å². The van der Waals surface area contributed by atoms with E-state index in [0.29, 0.717) is 45.3 Å². The molecule has 0 bridgehead atoms. The zero-order valence-corrected chi connectivity index (χ0v) is 20.4. The standard InChI is InChI=1S/C26H33N3O4S/c1-2-23(20-10-5-3-6-11-20)26(31)28-18-15-21(16-19-28)27-25(30)24-14-9-17-29(24)34(32,33)22-12-7-4-8-13-22/h3-8,10-13,21,23-24H,2,9,14-19H2,1H3,(H,27,30). The molecule has 2 saturated heterocycles. The first-order chi connectivity index (χ1) is 16.4. The number of nitrogens with zero attached hydrogens (tertiary/aromatic N) is 2. The number of nitrogens with one attached hydrogen (secondary N) is 1. The van der Waals surface area contributed by atoms with Crippen LogP contribution in [0.1, 0.15) is 50.5 Å². The summed E-state index contributed by atoms with van der Waals surface area (Å²) in [7, 11) is -3.71. The molecule has 4 rings (SSSR count). The molecule has 0 aromatic heterocycles. The van der Waals surface area contributed by atoms with Gasteiger partial charge in [-0.3, -0.25) is 9.59 Å². The van der Waals surface area contributed by atoms with Crippen molar-refractivity contribution in [2.24, 2.45) is 0 Å². The molecule has 0 saturated carbocycles. The SMILES string of the molecule is CCC(C(=O)N1CCC(NC(=O)C2CCCN2S(=O)(=O)c2ccccc2)CC1)c1ccccc1. The first-order valence-electron chi connectivity index (χ1n) is 12.1. The third-order valence-electron chi connectivity index (χ3n) is 6.92. The van der Waals surface area contributed by atoms with E-state index in [1.54, 1.807) is 30.3 Å². The van der Waals surface area contributed by atoms with Gasteiger partial charge in [0.15, 0.2) is 0 Å². The number of likely N-dealkylation sites (tertiary alicyclic amines) is 1. The molecule has 182 valence electrons. The summed E-state index contributed by atoms with van der Waals surface area (Å²) in [6.45, 7) is 3.55. The highest BCUT2D eigenvalue weighted by atomic mass is 32.2. The van der Waals surface area contributed by atoms with E-state index in [1.165, 1.54) is 4.31 Å². The van der Waals surface area contributed by atoms with E-state index in [-0.39, 0.29) is 28.7 Å². The molecule has 8 heteroatoms. The molecule has 2 aliphatic rings. The predicted molar refractivity (Wildman–Crippen MR) is 131 cm³/mol. The van der Waals surface area contributed by atoms with E-state index in [1.807, 2.05) is 42.2 Å². The molecule has 2 aliphatic heterocycles. The average molecular weight is 484 g/mol. The quantitative estimate of drug-likeness (QED) is 0.656. The number of amides is 2. The molecule has 1 N–H and O–H groups in total. The van der Waals surface area contributed by atoms with Crippen molar-refractivity contribution in [2.45, 2.75) is 61.9 Å². The van der Waals surface area contributed by atoms with E-state index >= 15 is 0 Å². The smallest absolute Gasteiger partial charge is 0.243 e. The highest BCUT2D eigenvalue weighted by Gasteiger charge is 2.40. The van der Waals surface area contributed by atoms with Crippen LogP contribution in [0.4, 0.5) is 0 Å². The Bertz CT molecular complexity index is 1080. The molecule has 2 aromatic rings. The molecule has 2 fully saturated rings. The summed E-state index contributed by atoms with van der Waals surface area (Å²) >= 11 is 0. The minimum atomic E-state index is -3.71. The van der Waals surface area contributed by atoms with Crippen molar-refractivity contribution in [1.29, 1.82) is 0 Å². The Morgan fingerprint density at radius 1 is 0.941 bits per heavy atom. The topological polar surface area (TPSA) is 86.8 Å². The molecule has 2 amide bonds. The molecule has 0 aliphatic carbocycles. The Hall–Kier alpha value is -2.71. The van der Waals surface area contributed by atoms with Gasteiger partial charge in [-0.05, 0) is 49.8 Å². The Balaban J connectivity index is 1.34. The number of carbonyl (C=O) groups excluding carboxylic acids is 2. The lowest BCUT2D eigenvalue weighted by Gasteiger charge is -2.35. The summed E-state index contributed by atoms with van der Waals surface area (Å²) in [6, 6.07) is 17.4. The van der Waals surface area contributed by atoms with Crippen molar-refractivity contribution < 1.29 is 18.0 Å². The highest BCUT2D eigenvalue weighted by molar-refractivity contribution is 7.89. The summed E-state index contributed by atoms with van der Waals surface area (Å²) in [6.07, 6.45) is 3.26. The molecule has 2 aromatic carbocycles. The third-order valence-corrected chi connectivity index (χ3v) is 8.84. The van der Waals surface area contributed by atoms with Crippen LogP contribution >= 0.6 is 0 Å². The monoisotopic (exact) mass is 483 g/mol. The number of sulfonamides is 1. The van der Waals surface area contributed by atoms with Crippen molar-refractivity contribution in [3.8, 4) is 0 Å². The number of rotatable bonds is 7. The maximum absolute atomic E-state index is 13.1. The molecule has 7 nitrogen and oxygen atoms in total. The highest BCUT2D eigenvalue weighted by Crippen LogP contribution is 2.27. The first-order valence-corrected chi connectivity index (χ1v) is 13.6. The van der Waals surface area contributed by atoms with E-state index in [4.69, 9.17) is 0 Å². The maximum atomic E-state index is 13.1. The fraction of sp³-hybridized carbons (Fsp3) is 0.462. The molecule has 0 spiro atoms. The summed E-state index contributed by atoms with van der Waals surface area (Å²) in [4.78, 5) is 28.3. The van der Waals surface area contributed by atoms with E-state index < -0.39 is 16.1 Å². The van der Waals surface area contributed by atoms with Crippen LogP contribution in [0, 0.1) is 0 Å². The molecule has 34 heavy (non-hydrogen) atoms. The zero-order chi connectivity index (χ0) is 24.1. The number of carbonyl (C=O) groups is 2. The van der Waals surface area contributed by atoms with Gasteiger partial charge in [0, 0.05) is 25.7 Å². The van der Waals surface area contributed by atoms with Gasteiger partial charge in [-0.25, -0.2) is 8.42 Å². The summed E-state index contributed by atoms with van der Waals surface area (Å²) in [5.74, 6) is -0.255. The zero-order valence-electron chi connectivity index (χ0n) is 19.6. The lowest BCUT2D eigenvalue weighted by atomic mass is 9.93. The second-order valence-electron chi connectivity index (χ2n) is 9.07. The summed E-state index contributed by atoms with van der Waals surface area (Å²) in [5.41, 5.74) is 1.03. The molecular weight excluding hydrogens is 450 g/mol. The van der Waals surface area contributed by atoms with Crippen LogP contribution in [0.3, 0.4) is 0 Å². The fourth-order valence-corrected chi connectivity index (χ4v) is 6.70. The van der Waals surface area contributed by atoms with Gasteiger partial charge in [0.1, 0.15) is 6.04 Å². The Morgan fingerprint density at radius 2 is 1.56 bits per heavy atom. The minimum Gasteiger partial charge on any atom is -0.352 e. The number of hydrogen-bond acceptors (Lipinski definition) is 4. The molecule has 2 unspecified atom stereocenters. The molecular formula is C26H33N3O4S. The average Bonchev–Trinajstić information content (AvgIpc) is 3.37. The second-order valence-corrected chi connectivity index (χ2v) is 11.0. The predicted octanol–water partition coefficient (Wildman–Crippen LogP) is 3.14. The van der Waals surface area contributed by atoms with Gasteiger partial charge < -0.3 is 10.2 Å². The van der Waals surface area contributed by atoms with Crippen LogP contribution in [-0.2, 0) is 19.6 Å². The maximum Gasteiger partial charge on any atom is 0.243 e. The summed E-state index contributed by atoms with van der Waals surface area (Å²) < 4.78 is 27.5. The number of benzene rings is 2. The largest absolute Gasteiger partial charge is 0.352 e. The van der Waals surface area contributed by atoms with Gasteiger partial charge in [0.25, 0.3) is 0 Å². The fourth-order valence-electron chi connectivity index (χ4n) is 5.02. The second kappa shape index (κ2) is 10.7. The van der Waals surface area contributed by atoms with Gasteiger partial charge in [-0.1, -0.05) is 55.5 Å². The van der Waals surface area contributed by atoms with E-state index in [9.17, 15) is 18.0 Å². The molecule has 2 atom stereocenters. The number of piperidine rings is 1. The van der Waals surface area contributed by atoms with Gasteiger partial charge in [-0.2, -0.15) is 4.31 Å². The van der Waals surface area contributed by atoms with Crippen molar-refractivity contribution in [1.82, 2.24) is 14.5 Å². The lowest BCUT2D eigenvalue weighted by molar-refractivity contribution is -0.134. The van der Waals surface area contributed by atoms with Gasteiger partial charge >= 0.3 is 0 Å².